The highest BCUT2D eigenvalue weighted by Crippen LogP contribution is 2.33. The minimum atomic E-state index is -1.10. The van der Waals surface area contributed by atoms with Crippen molar-refractivity contribution in [2.45, 2.75) is 103 Å². The predicted octanol–water partition coefficient (Wildman–Crippen LogP) is 7.02. The lowest BCUT2D eigenvalue weighted by Gasteiger charge is -2.34. The van der Waals surface area contributed by atoms with Crippen molar-refractivity contribution in [1.29, 1.82) is 0 Å². The second kappa shape index (κ2) is 13.4. The molecule has 1 aromatic carbocycles. The maximum atomic E-state index is 13.0. The molecule has 1 N–H and O–H groups in total. The Labute approximate surface area is 170 Å². The van der Waals surface area contributed by atoms with Crippen LogP contribution in [0.1, 0.15) is 119 Å². The number of benzene rings is 1. The molecule has 0 bridgehead atoms. The van der Waals surface area contributed by atoms with E-state index in [1.807, 2.05) is 0 Å². The number of ether oxygens (including phenoxy) is 1. The highest BCUT2D eigenvalue weighted by Gasteiger charge is 2.34. The highest BCUT2D eigenvalue weighted by molar-refractivity contribution is 6.02. The van der Waals surface area contributed by atoms with Crippen LogP contribution in [0.25, 0.3) is 0 Å². The number of aromatic carboxylic acids is 1. The van der Waals surface area contributed by atoms with Gasteiger partial charge in [0.15, 0.2) is 0 Å². The van der Waals surface area contributed by atoms with E-state index in [9.17, 15) is 14.7 Å². The van der Waals surface area contributed by atoms with Gasteiger partial charge in [0, 0.05) is 0 Å². The average Bonchev–Trinajstić information content (AvgIpc) is 2.70. The summed E-state index contributed by atoms with van der Waals surface area (Å²) < 4.78 is 6.12. The van der Waals surface area contributed by atoms with E-state index in [4.69, 9.17) is 4.74 Å². The molecule has 0 saturated carbocycles. The summed E-state index contributed by atoms with van der Waals surface area (Å²) in [4.78, 5) is 24.5. The second-order valence-electron chi connectivity index (χ2n) is 7.79. The second-order valence-corrected chi connectivity index (χ2v) is 7.79. The van der Waals surface area contributed by atoms with E-state index < -0.39 is 17.5 Å². The number of unbranched alkanes of at least 4 members (excludes halogenated alkanes) is 6. The van der Waals surface area contributed by atoms with Crippen LogP contribution in [0.2, 0.25) is 0 Å². The summed E-state index contributed by atoms with van der Waals surface area (Å²) in [5.74, 6) is -1.60. The predicted molar refractivity (Wildman–Crippen MR) is 114 cm³/mol. The van der Waals surface area contributed by atoms with Gasteiger partial charge in [0.05, 0.1) is 11.1 Å². The first-order chi connectivity index (χ1) is 13.5. The number of hydrogen-bond acceptors (Lipinski definition) is 3. The average molecular weight is 391 g/mol. The van der Waals surface area contributed by atoms with Crippen molar-refractivity contribution in [3.8, 4) is 0 Å². The molecule has 0 atom stereocenters. The summed E-state index contributed by atoms with van der Waals surface area (Å²) in [6, 6.07) is 6.34. The van der Waals surface area contributed by atoms with Crippen LogP contribution in [0.15, 0.2) is 24.3 Å². The Kier molecular flexibility index (Phi) is 11.5. The van der Waals surface area contributed by atoms with E-state index in [2.05, 4.69) is 20.8 Å². The maximum absolute atomic E-state index is 13.0. The lowest BCUT2D eigenvalue weighted by atomic mass is 9.85. The van der Waals surface area contributed by atoms with E-state index in [0.29, 0.717) is 0 Å². The molecule has 0 heterocycles. The number of carbonyl (C=O) groups excluding carboxylic acids is 1. The standard InChI is InChI=1S/C24H38O4/c1-4-7-10-11-14-19-24(17-8-5-2,18-9-6-3)28-23(27)21-16-13-12-15-20(21)22(25)26/h12-13,15-16H,4-11,14,17-19H2,1-3H3,(H,25,26). The van der Waals surface area contributed by atoms with Crippen LogP contribution < -0.4 is 0 Å². The van der Waals surface area contributed by atoms with Gasteiger partial charge in [-0.05, 0) is 50.7 Å². The summed E-state index contributed by atoms with van der Waals surface area (Å²) in [6.45, 7) is 6.50. The van der Waals surface area contributed by atoms with Gasteiger partial charge in [-0.2, -0.15) is 0 Å². The first kappa shape index (κ1) is 24.2. The zero-order chi connectivity index (χ0) is 20.8. The van der Waals surface area contributed by atoms with Crippen LogP contribution in [0, 0.1) is 0 Å². The third-order valence-electron chi connectivity index (χ3n) is 5.39. The van der Waals surface area contributed by atoms with E-state index in [-0.39, 0.29) is 11.1 Å². The first-order valence-electron chi connectivity index (χ1n) is 11.0. The number of carboxylic acid groups (broad SMARTS) is 1. The van der Waals surface area contributed by atoms with E-state index in [1.54, 1.807) is 18.2 Å². The molecule has 0 aromatic heterocycles. The van der Waals surface area contributed by atoms with E-state index >= 15 is 0 Å². The molecule has 0 aliphatic rings. The van der Waals surface area contributed by atoms with Gasteiger partial charge in [-0.15, -0.1) is 0 Å². The molecule has 0 unspecified atom stereocenters. The monoisotopic (exact) mass is 390 g/mol. The lowest BCUT2D eigenvalue weighted by Crippen LogP contribution is -2.36. The third kappa shape index (κ3) is 8.04. The normalized spacial score (nSPS) is 11.4. The van der Waals surface area contributed by atoms with Crippen molar-refractivity contribution < 1.29 is 19.4 Å². The summed E-state index contributed by atoms with van der Waals surface area (Å²) in [6.07, 6.45) is 12.5. The SMILES string of the molecule is CCCCCCCC(CCCC)(CCCC)OC(=O)c1ccccc1C(=O)O. The molecular weight excluding hydrogens is 352 g/mol. The Hall–Kier alpha value is -1.84. The van der Waals surface area contributed by atoms with Crippen LogP contribution in [0.5, 0.6) is 0 Å². The van der Waals surface area contributed by atoms with Gasteiger partial charge in [0.2, 0.25) is 0 Å². The Balaban J connectivity index is 3.00. The summed E-state index contributed by atoms with van der Waals surface area (Å²) in [5.41, 5.74) is -0.324. The quantitative estimate of drug-likeness (QED) is 0.258. The molecule has 0 aliphatic carbocycles. The number of hydrogen-bond donors (Lipinski definition) is 1. The highest BCUT2D eigenvalue weighted by atomic mass is 16.6. The molecule has 0 spiro atoms. The van der Waals surface area contributed by atoms with Gasteiger partial charge in [-0.25, -0.2) is 9.59 Å². The maximum Gasteiger partial charge on any atom is 0.339 e. The first-order valence-corrected chi connectivity index (χ1v) is 11.0. The molecule has 0 saturated heterocycles. The van der Waals surface area contributed by atoms with Crippen molar-refractivity contribution in [3.05, 3.63) is 35.4 Å². The number of carbonyl (C=O) groups is 2. The largest absolute Gasteiger partial charge is 0.478 e. The van der Waals surface area contributed by atoms with Crippen molar-refractivity contribution in [1.82, 2.24) is 0 Å². The summed E-state index contributed by atoms with van der Waals surface area (Å²) in [5, 5.41) is 9.41. The number of carboxylic acids is 1. The van der Waals surface area contributed by atoms with Crippen LogP contribution in [-0.4, -0.2) is 22.6 Å². The molecular formula is C24H38O4. The third-order valence-corrected chi connectivity index (χ3v) is 5.39. The molecule has 1 aromatic rings. The molecule has 0 fully saturated rings. The van der Waals surface area contributed by atoms with Crippen molar-refractivity contribution in [3.63, 3.8) is 0 Å². The van der Waals surface area contributed by atoms with Gasteiger partial charge in [0.1, 0.15) is 5.60 Å². The number of esters is 1. The fourth-order valence-electron chi connectivity index (χ4n) is 3.68. The van der Waals surface area contributed by atoms with Gasteiger partial charge in [-0.3, -0.25) is 0 Å². The molecule has 0 amide bonds. The molecule has 0 aliphatic heterocycles. The van der Waals surface area contributed by atoms with E-state index in [0.717, 1.165) is 57.8 Å². The zero-order valence-electron chi connectivity index (χ0n) is 18.0. The van der Waals surface area contributed by atoms with Crippen LogP contribution in [-0.2, 0) is 4.74 Å². The molecule has 1 rings (SSSR count). The smallest absolute Gasteiger partial charge is 0.339 e. The topological polar surface area (TPSA) is 63.6 Å². The van der Waals surface area contributed by atoms with Crippen LogP contribution in [0.3, 0.4) is 0 Å². The lowest BCUT2D eigenvalue weighted by molar-refractivity contribution is -0.0358. The molecule has 4 nitrogen and oxygen atoms in total. The van der Waals surface area contributed by atoms with Crippen molar-refractivity contribution in [2.75, 3.05) is 0 Å². The fraction of sp³-hybridized carbons (Fsp3) is 0.667. The molecule has 4 heteroatoms. The molecule has 0 radical (unpaired) electrons. The Morgan fingerprint density at radius 2 is 1.29 bits per heavy atom. The minimum Gasteiger partial charge on any atom is -0.478 e. The van der Waals surface area contributed by atoms with Crippen LogP contribution in [0.4, 0.5) is 0 Å². The Bertz CT molecular complexity index is 586. The van der Waals surface area contributed by atoms with Gasteiger partial charge in [0.25, 0.3) is 0 Å². The fourth-order valence-corrected chi connectivity index (χ4v) is 3.68. The zero-order valence-corrected chi connectivity index (χ0v) is 18.0. The Morgan fingerprint density at radius 3 is 1.82 bits per heavy atom. The molecule has 28 heavy (non-hydrogen) atoms. The van der Waals surface area contributed by atoms with Gasteiger partial charge >= 0.3 is 11.9 Å². The van der Waals surface area contributed by atoms with Gasteiger partial charge < -0.3 is 9.84 Å². The summed E-state index contributed by atoms with van der Waals surface area (Å²) in [7, 11) is 0. The van der Waals surface area contributed by atoms with Crippen molar-refractivity contribution in [2.24, 2.45) is 0 Å². The van der Waals surface area contributed by atoms with Crippen molar-refractivity contribution >= 4 is 11.9 Å². The number of rotatable bonds is 15. The van der Waals surface area contributed by atoms with E-state index in [1.165, 1.54) is 25.3 Å². The Morgan fingerprint density at radius 1 is 0.786 bits per heavy atom. The van der Waals surface area contributed by atoms with Crippen LogP contribution >= 0.6 is 0 Å². The minimum absolute atomic E-state index is 0.00956. The molecule has 158 valence electrons. The summed E-state index contributed by atoms with van der Waals surface area (Å²) >= 11 is 0. The van der Waals surface area contributed by atoms with Gasteiger partial charge in [-0.1, -0.05) is 71.4 Å².